The first-order chi connectivity index (χ1) is 29.7. The Bertz CT molecular complexity index is 3390. The highest BCUT2D eigenvalue weighted by Gasteiger charge is 2.63. The van der Waals surface area contributed by atoms with Crippen molar-refractivity contribution >= 4 is 53.9 Å². The van der Waals surface area contributed by atoms with E-state index in [4.69, 9.17) is 15.0 Å². The molecule has 5 aliphatic rings. The van der Waals surface area contributed by atoms with Crippen molar-refractivity contribution in [3.63, 3.8) is 0 Å². The maximum absolute atomic E-state index is 5.67. The molecule has 60 heavy (non-hydrogen) atoms. The van der Waals surface area contributed by atoms with Crippen LogP contribution in [0, 0.1) is 23.7 Å². The van der Waals surface area contributed by atoms with Gasteiger partial charge in [0.2, 0.25) is 0 Å². The number of nitrogens with zero attached hydrogens (tertiary/aromatic N) is 3. The normalized spacial score (nSPS) is 22.4. The highest BCUT2D eigenvalue weighted by molar-refractivity contribution is 6.25. The molecule has 10 aromatic rings. The van der Waals surface area contributed by atoms with Crippen LogP contribution >= 0.6 is 0 Å². The molecular formula is C57H41N3. The second kappa shape index (κ2) is 12.2. The zero-order valence-electron chi connectivity index (χ0n) is 33.3. The van der Waals surface area contributed by atoms with Gasteiger partial charge in [0.25, 0.3) is 0 Å². The molecule has 9 aromatic carbocycles. The van der Waals surface area contributed by atoms with Gasteiger partial charge in [0, 0.05) is 22.1 Å². The van der Waals surface area contributed by atoms with E-state index in [2.05, 4.69) is 164 Å². The molecular weight excluding hydrogens is 727 g/mol. The lowest BCUT2D eigenvalue weighted by Crippen LogP contribution is -2.55. The fourth-order valence-electron chi connectivity index (χ4n) is 13.4. The second-order valence-electron chi connectivity index (χ2n) is 18.3. The Labute approximate surface area is 348 Å². The summed E-state index contributed by atoms with van der Waals surface area (Å²) in [5.41, 5.74) is 8.93. The predicted molar refractivity (Wildman–Crippen MR) is 247 cm³/mol. The number of fused-ring (bicyclic) bond motifs is 12. The van der Waals surface area contributed by atoms with Gasteiger partial charge in [-0.2, -0.15) is 0 Å². The van der Waals surface area contributed by atoms with E-state index < -0.39 is 0 Å². The lowest BCUT2D eigenvalue weighted by molar-refractivity contribution is -0.0391. The molecule has 0 amide bonds. The van der Waals surface area contributed by atoms with E-state index in [0.29, 0.717) is 23.5 Å². The van der Waals surface area contributed by atoms with Crippen LogP contribution in [0.3, 0.4) is 0 Å². The van der Waals surface area contributed by atoms with Gasteiger partial charge in [0.05, 0.1) is 0 Å². The van der Waals surface area contributed by atoms with Gasteiger partial charge in [-0.25, -0.2) is 15.0 Å². The summed E-state index contributed by atoms with van der Waals surface area (Å²) in [5, 5.41) is 12.7. The quantitative estimate of drug-likeness (QED) is 0.168. The largest absolute Gasteiger partial charge is 0.208 e. The molecule has 4 saturated carbocycles. The third kappa shape index (κ3) is 4.42. The molecule has 5 aliphatic carbocycles. The van der Waals surface area contributed by atoms with Crippen LogP contribution in [0.25, 0.3) is 99.2 Å². The summed E-state index contributed by atoms with van der Waals surface area (Å²) in [5.74, 6) is 5.02. The molecule has 3 heteroatoms. The molecule has 1 aromatic heterocycles. The van der Waals surface area contributed by atoms with E-state index in [1.165, 1.54) is 108 Å². The van der Waals surface area contributed by atoms with Gasteiger partial charge in [-0.1, -0.05) is 152 Å². The van der Waals surface area contributed by atoms with Gasteiger partial charge < -0.3 is 0 Å². The van der Waals surface area contributed by atoms with Crippen LogP contribution in [0.15, 0.2) is 164 Å². The Morgan fingerprint density at radius 2 is 0.883 bits per heavy atom. The highest BCUT2D eigenvalue weighted by atomic mass is 15.0. The van der Waals surface area contributed by atoms with E-state index in [9.17, 15) is 0 Å². The van der Waals surface area contributed by atoms with Crippen LogP contribution in [-0.4, -0.2) is 15.0 Å². The van der Waals surface area contributed by atoms with Gasteiger partial charge in [0.15, 0.2) is 17.5 Å². The van der Waals surface area contributed by atoms with Crippen LogP contribution in [0.1, 0.15) is 43.2 Å². The summed E-state index contributed by atoms with van der Waals surface area (Å²) < 4.78 is 0. The van der Waals surface area contributed by atoms with Crippen molar-refractivity contribution < 1.29 is 0 Å². The second-order valence-corrected chi connectivity index (χ2v) is 18.3. The van der Waals surface area contributed by atoms with Crippen LogP contribution in [0.5, 0.6) is 0 Å². The molecule has 1 spiro atoms. The minimum atomic E-state index is -0.110. The van der Waals surface area contributed by atoms with E-state index in [-0.39, 0.29) is 5.41 Å². The smallest absolute Gasteiger partial charge is 0.165 e. The fourth-order valence-corrected chi connectivity index (χ4v) is 13.4. The van der Waals surface area contributed by atoms with E-state index in [1.54, 1.807) is 5.56 Å². The lowest BCUT2D eigenvalue weighted by atomic mass is 9.42. The number of rotatable bonds is 3. The Balaban J connectivity index is 1.09. The average molecular weight is 768 g/mol. The molecule has 284 valence electrons. The molecule has 0 saturated heterocycles. The molecule has 0 aliphatic heterocycles. The van der Waals surface area contributed by atoms with Crippen molar-refractivity contribution in [2.75, 3.05) is 0 Å². The molecule has 4 bridgehead atoms. The maximum Gasteiger partial charge on any atom is 0.165 e. The molecule has 0 unspecified atom stereocenters. The van der Waals surface area contributed by atoms with Crippen LogP contribution < -0.4 is 0 Å². The standard InChI is InChI=1S/C57H41N3/c1-2-13-36(14-3-1)54-58-55(38-23-24-47-45-20-9-8-18-43(45)44-19-10-11-21-46(44)49(47)32-38)60-56(59-54)51-41-16-6-5-15-37(41)31-50-48-25-22-35-12-4-7-17-42(35)52(48)57(53(50)51)39-27-33-26-34(29-39)30-40(57)28-33/h1-25,31-34,39-40H,26-30H2. The van der Waals surface area contributed by atoms with Crippen molar-refractivity contribution in [2.45, 2.75) is 37.5 Å². The van der Waals surface area contributed by atoms with Gasteiger partial charge in [-0.15, -0.1) is 0 Å². The Morgan fingerprint density at radius 3 is 1.57 bits per heavy atom. The topological polar surface area (TPSA) is 38.7 Å². The third-order valence-electron chi connectivity index (χ3n) is 15.4. The van der Waals surface area contributed by atoms with Crippen LogP contribution in [0.4, 0.5) is 0 Å². The fraction of sp³-hybridized carbons (Fsp3) is 0.175. The van der Waals surface area contributed by atoms with Crippen molar-refractivity contribution in [2.24, 2.45) is 23.7 Å². The van der Waals surface area contributed by atoms with Crippen molar-refractivity contribution in [3.8, 4) is 45.3 Å². The van der Waals surface area contributed by atoms with Crippen LogP contribution in [-0.2, 0) is 5.41 Å². The zero-order chi connectivity index (χ0) is 39.1. The van der Waals surface area contributed by atoms with Gasteiger partial charge >= 0.3 is 0 Å². The molecule has 0 N–H and O–H groups in total. The Hall–Kier alpha value is -6.71. The molecule has 15 rings (SSSR count). The zero-order valence-corrected chi connectivity index (χ0v) is 33.3. The van der Waals surface area contributed by atoms with E-state index in [0.717, 1.165) is 28.8 Å². The van der Waals surface area contributed by atoms with Gasteiger partial charge in [0.1, 0.15) is 0 Å². The summed E-state index contributed by atoms with van der Waals surface area (Å²) in [6, 6.07) is 60.5. The molecule has 0 atom stereocenters. The Morgan fingerprint density at radius 1 is 0.350 bits per heavy atom. The SMILES string of the molecule is c1ccc(-c2nc(-c3ccc4c5ccccc5c5ccccc5c4c3)nc(-c3c4c(cc5ccccc35)-c3ccc5ccccc5c3C43C4CC5CC(C4)CC3C5)n2)cc1. The number of hydrogen-bond donors (Lipinski definition) is 0. The molecule has 3 nitrogen and oxygen atoms in total. The first-order valence-electron chi connectivity index (χ1n) is 21.9. The molecule has 4 fully saturated rings. The third-order valence-corrected chi connectivity index (χ3v) is 15.4. The monoisotopic (exact) mass is 767 g/mol. The van der Waals surface area contributed by atoms with E-state index >= 15 is 0 Å². The summed E-state index contributed by atoms with van der Waals surface area (Å²) in [6.07, 6.45) is 6.63. The van der Waals surface area contributed by atoms with Crippen molar-refractivity contribution in [1.82, 2.24) is 15.0 Å². The molecule has 1 heterocycles. The summed E-state index contributed by atoms with van der Waals surface area (Å²) >= 11 is 0. The predicted octanol–water partition coefficient (Wildman–Crippen LogP) is 14.4. The van der Waals surface area contributed by atoms with Gasteiger partial charge in [-0.05, 0) is 144 Å². The van der Waals surface area contributed by atoms with Crippen molar-refractivity contribution in [3.05, 3.63) is 175 Å². The maximum atomic E-state index is 5.67. The minimum absolute atomic E-state index is 0.110. The van der Waals surface area contributed by atoms with Gasteiger partial charge in [-0.3, -0.25) is 0 Å². The average Bonchev–Trinajstić information content (AvgIpc) is 3.60. The number of hydrogen-bond acceptors (Lipinski definition) is 3. The number of benzene rings is 9. The molecule has 0 radical (unpaired) electrons. The van der Waals surface area contributed by atoms with E-state index in [1.807, 2.05) is 0 Å². The highest BCUT2D eigenvalue weighted by Crippen LogP contribution is 2.71. The summed E-state index contributed by atoms with van der Waals surface area (Å²) in [4.78, 5) is 16.6. The number of aromatic nitrogens is 3. The lowest BCUT2D eigenvalue weighted by Gasteiger charge is -2.61. The first-order valence-corrected chi connectivity index (χ1v) is 21.9. The summed E-state index contributed by atoms with van der Waals surface area (Å²) in [6.45, 7) is 0. The minimum Gasteiger partial charge on any atom is -0.208 e. The first kappa shape index (κ1) is 33.2. The van der Waals surface area contributed by atoms with Crippen LogP contribution in [0.2, 0.25) is 0 Å². The summed E-state index contributed by atoms with van der Waals surface area (Å²) in [7, 11) is 0. The van der Waals surface area contributed by atoms with Crippen molar-refractivity contribution in [1.29, 1.82) is 0 Å². The Kier molecular flexibility index (Phi) is 6.73.